The van der Waals surface area contributed by atoms with Gasteiger partial charge in [0.05, 0.1) is 18.2 Å². The molecule has 0 radical (unpaired) electrons. The number of hydrogen-bond acceptors (Lipinski definition) is 2. The van der Waals surface area contributed by atoms with Crippen LogP contribution < -0.4 is 10.5 Å². The number of halogens is 3. The van der Waals surface area contributed by atoms with Gasteiger partial charge in [-0.25, -0.2) is 4.39 Å². The molecule has 0 saturated heterocycles. The summed E-state index contributed by atoms with van der Waals surface area (Å²) in [5.41, 5.74) is 8.69. The predicted octanol–water partition coefficient (Wildman–Crippen LogP) is 4.61. The summed E-state index contributed by atoms with van der Waals surface area (Å²) in [7, 11) is 1.58. The highest BCUT2D eigenvalue weighted by molar-refractivity contribution is 9.10. The third-order valence-corrected chi connectivity index (χ3v) is 4.31. The highest BCUT2D eigenvalue weighted by atomic mass is 79.9. The summed E-state index contributed by atoms with van der Waals surface area (Å²) >= 11 is 9.16. The quantitative estimate of drug-likeness (QED) is 0.870. The molecular formula is C15H14BrClFNO. The number of aryl methyl sites for hydroxylation is 1. The molecule has 2 aromatic carbocycles. The summed E-state index contributed by atoms with van der Waals surface area (Å²) in [5, 5.41) is 0.0815. The van der Waals surface area contributed by atoms with Gasteiger partial charge in [-0.2, -0.15) is 0 Å². The summed E-state index contributed by atoms with van der Waals surface area (Å²) < 4.78 is 19.8. The van der Waals surface area contributed by atoms with E-state index in [1.807, 2.05) is 19.1 Å². The SMILES string of the molecule is COc1cc(C)c(Br)cc1C(N)c1ccc(Cl)c(F)c1. The van der Waals surface area contributed by atoms with Crippen molar-refractivity contribution in [2.45, 2.75) is 13.0 Å². The lowest BCUT2D eigenvalue weighted by Gasteiger charge is -2.18. The van der Waals surface area contributed by atoms with Crippen LogP contribution >= 0.6 is 27.5 Å². The van der Waals surface area contributed by atoms with E-state index >= 15 is 0 Å². The van der Waals surface area contributed by atoms with Crippen LogP contribution in [0.3, 0.4) is 0 Å². The average molecular weight is 359 g/mol. The minimum atomic E-state index is -0.492. The van der Waals surface area contributed by atoms with Gasteiger partial charge in [0.25, 0.3) is 0 Å². The summed E-state index contributed by atoms with van der Waals surface area (Å²) in [6.45, 7) is 1.96. The third-order valence-electron chi connectivity index (χ3n) is 3.15. The molecule has 2 aromatic rings. The van der Waals surface area contributed by atoms with Gasteiger partial charge in [-0.1, -0.05) is 33.6 Å². The monoisotopic (exact) mass is 357 g/mol. The Balaban J connectivity index is 2.49. The van der Waals surface area contributed by atoms with Gasteiger partial charge in [0, 0.05) is 10.0 Å². The molecule has 0 bridgehead atoms. The van der Waals surface area contributed by atoms with Crippen molar-refractivity contribution in [1.82, 2.24) is 0 Å². The average Bonchev–Trinajstić information content (AvgIpc) is 2.43. The molecule has 0 heterocycles. The maximum atomic E-state index is 13.6. The zero-order valence-corrected chi connectivity index (χ0v) is 13.4. The lowest BCUT2D eigenvalue weighted by atomic mass is 9.97. The zero-order valence-electron chi connectivity index (χ0n) is 11.1. The first-order valence-electron chi connectivity index (χ1n) is 5.98. The summed E-state index contributed by atoms with van der Waals surface area (Å²) in [6.07, 6.45) is 0. The van der Waals surface area contributed by atoms with Crippen molar-refractivity contribution in [3.63, 3.8) is 0 Å². The molecule has 0 fully saturated rings. The van der Waals surface area contributed by atoms with Crippen molar-refractivity contribution >= 4 is 27.5 Å². The lowest BCUT2D eigenvalue weighted by Crippen LogP contribution is -2.13. The smallest absolute Gasteiger partial charge is 0.142 e. The van der Waals surface area contributed by atoms with Crippen LogP contribution in [0.4, 0.5) is 4.39 Å². The first kappa shape index (κ1) is 15.3. The molecule has 2 nitrogen and oxygen atoms in total. The zero-order chi connectivity index (χ0) is 14.9. The van der Waals surface area contributed by atoms with Gasteiger partial charge in [0.15, 0.2) is 0 Å². The fourth-order valence-corrected chi connectivity index (χ4v) is 2.45. The highest BCUT2D eigenvalue weighted by Gasteiger charge is 2.17. The van der Waals surface area contributed by atoms with E-state index in [1.165, 1.54) is 12.1 Å². The molecule has 0 aliphatic rings. The van der Waals surface area contributed by atoms with Crippen LogP contribution in [0.15, 0.2) is 34.8 Å². The van der Waals surface area contributed by atoms with Gasteiger partial charge in [0.1, 0.15) is 11.6 Å². The fraction of sp³-hybridized carbons (Fsp3) is 0.200. The molecular weight excluding hydrogens is 345 g/mol. The molecule has 0 saturated carbocycles. The Kier molecular flexibility index (Phi) is 4.68. The van der Waals surface area contributed by atoms with E-state index in [0.717, 1.165) is 15.6 Å². The number of nitrogens with two attached hydrogens (primary N) is 1. The number of methoxy groups -OCH3 is 1. The maximum absolute atomic E-state index is 13.6. The van der Waals surface area contributed by atoms with E-state index in [0.29, 0.717) is 11.3 Å². The Morgan fingerprint density at radius 2 is 2.00 bits per heavy atom. The molecule has 0 amide bonds. The van der Waals surface area contributed by atoms with Crippen LogP contribution in [0.5, 0.6) is 5.75 Å². The Morgan fingerprint density at radius 3 is 2.60 bits per heavy atom. The second kappa shape index (κ2) is 6.12. The molecule has 0 aromatic heterocycles. The number of rotatable bonds is 3. The highest BCUT2D eigenvalue weighted by Crippen LogP contribution is 2.33. The minimum absolute atomic E-state index is 0.0815. The van der Waals surface area contributed by atoms with Crippen LogP contribution in [-0.2, 0) is 0 Å². The molecule has 2 N–H and O–H groups in total. The Morgan fingerprint density at radius 1 is 1.30 bits per heavy atom. The van der Waals surface area contributed by atoms with Crippen LogP contribution in [0.1, 0.15) is 22.7 Å². The van der Waals surface area contributed by atoms with E-state index in [9.17, 15) is 4.39 Å². The molecule has 106 valence electrons. The standard InChI is InChI=1S/C15H14BrClFNO/c1-8-5-14(20-2)10(7-11(8)16)15(19)9-3-4-12(17)13(18)6-9/h3-7,15H,19H2,1-2H3. The van der Waals surface area contributed by atoms with Crippen LogP contribution in [-0.4, -0.2) is 7.11 Å². The summed E-state index contributed by atoms with van der Waals surface area (Å²) in [6, 6.07) is 7.86. The summed E-state index contributed by atoms with van der Waals surface area (Å²) in [4.78, 5) is 0. The fourth-order valence-electron chi connectivity index (χ4n) is 1.98. The van der Waals surface area contributed by atoms with E-state index in [4.69, 9.17) is 22.1 Å². The van der Waals surface area contributed by atoms with Gasteiger partial charge in [-0.15, -0.1) is 0 Å². The van der Waals surface area contributed by atoms with Gasteiger partial charge in [-0.05, 0) is 42.3 Å². The molecule has 5 heteroatoms. The maximum Gasteiger partial charge on any atom is 0.142 e. The van der Waals surface area contributed by atoms with Gasteiger partial charge >= 0.3 is 0 Å². The molecule has 0 aliphatic carbocycles. The van der Waals surface area contributed by atoms with E-state index in [1.54, 1.807) is 13.2 Å². The second-order valence-electron chi connectivity index (χ2n) is 4.49. The Hall–Kier alpha value is -1.10. The van der Waals surface area contributed by atoms with Gasteiger partial charge in [-0.3, -0.25) is 0 Å². The summed E-state index contributed by atoms with van der Waals surface area (Å²) in [5.74, 6) is 0.193. The number of ether oxygens (including phenoxy) is 1. The molecule has 0 spiro atoms. The van der Waals surface area contributed by atoms with Crippen LogP contribution in [0.2, 0.25) is 5.02 Å². The molecule has 2 rings (SSSR count). The molecule has 20 heavy (non-hydrogen) atoms. The molecule has 0 aliphatic heterocycles. The lowest BCUT2D eigenvalue weighted by molar-refractivity contribution is 0.407. The normalized spacial score (nSPS) is 12.3. The Labute approximate surface area is 130 Å². The van der Waals surface area contributed by atoms with E-state index < -0.39 is 11.9 Å². The van der Waals surface area contributed by atoms with Crippen molar-refractivity contribution in [2.75, 3.05) is 7.11 Å². The molecule has 1 unspecified atom stereocenters. The first-order chi connectivity index (χ1) is 9.43. The van der Waals surface area contributed by atoms with Crippen molar-refractivity contribution in [3.05, 3.63) is 62.3 Å². The van der Waals surface area contributed by atoms with Crippen LogP contribution in [0, 0.1) is 12.7 Å². The van der Waals surface area contributed by atoms with Crippen molar-refractivity contribution in [1.29, 1.82) is 0 Å². The van der Waals surface area contributed by atoms with Crippen molar-refractivity contribution < 1.29 is 9.13 Å². The topological polar surface area (TPSA) is 35.2 Å². The third kappa shape index (κ3) is 2.97. The van der Waals surface area contributed by atoms with Crippen molar-refractivity contribution in [2.24, 2.45) is 5.73 Å². The van der Waals surface area contributed by atoms with Crippen molar-refractivity contribution in [3.8, 4) is 5.75 Å². The Bertz CT molecular complexity index is 648. The molecule has 1 atom stereocenters. The van der Waals surface area contributed by atoms with E-state index in [2.05, 4.69) is 15.9 Å². The largest absolute Gasteiger partial charge is 0.496 e. The number of hydrogen-bond donors (Lipinski definition) is 1. The predicted molar refractivity (Wildman–Crippen MR) is 82.9 cm³/mol. The number of benzene rings is 2. The van der Waals surface area contributed by atoms with Gasteiger partial charge in [0.2, 0.25) is 0 Å². The minimum Gasteiger partial charge on any atom is -0.496 e. The second-order valence-corrected chi connectivity index (χ2v) is 5.76. The van der Waals surface area contributed by atoms with Gasteiger partial charge < -0.3 is 10.5 Å². The first-order valence-corrected chi connectivity index (χ1v) is 7.15. The van der Waals surface area contributed by atoms with Crippen LogP contribution in [0.25, 0.3) is 0 Å². The van der Waals surface area contributed by atoms with E-state index in [-0.39, 0.29) is 5.02 Å².